The summed E-state index contributed by atoms with van der Waals surface area (Å²) in [5.74, 6) is -0.372. The number of carbonyl (C=O) groups excluding carboxylic acids is 3. The summed E-state index contributed by atoms with van der Waals surface area (Å²) in [6.07, 6.45) is 3.16. The number of aromatic nitrogens is 1. The third kappa shape index (κ3) is 6.39. The van der Waals surface area contributed by atoms with Crippen molar-refractivity contribution in [3.8, 4) is 0 Å². The highest BCUT2D eigenvalue weighted by atomic mass is 19.1. The highest BCUT2D eigenvalue weighted by molar-refractivity contribution is 5.92. The number of piperidine rings is 2. The van der Waals surface area contributed by atoms with Gasteiger partial charge in [0.15, 0.2) is 6.10 Å². The minimum absolute atomic E-state index is 0.114. The van der Waals surface area contributed by atoms with Gasteiger partial charge in [-0.05, 0) is 73.6 Å². The molecule has 246 valence electrons. The highest BCUT2D eigenvalue weighted by Gasteiger charge is 2.37. The zero-order chi connectivity index (χ0) is 32.5. The van der Waals surface area contributed by atoms with Gasteiger partial charge < -0.3 is 35.6 Å². The van der Waals surface area contributed by atoms with Gasteiger partial charge in [-0.1, -0.05) is 24.3 Å². The zero-order valence-corrected chi connectivity index (χ0v) is 26.3. The lowest BCUT2D eigenvalue weighted by molar-refractivity contribution is -0.142. The molecule has 5 heterocycles. The summed E-state index contributed by atoms with van der Waals surface area (Å²) in [4.78, 5) is 50.1. The molecule has 0 radical (unpaired) electrons. The molecule has 2 saturated heterocycles. The van der Waals surface area contributed by atoms with Crippen LogP contribution in [0, 0.1) is 12.7 Å². The van der Waals surface area contributed by atoms with Gasteiger partial charge in [0.2, 0.25) is 0 Å². The molecular formula is C34H39FN8O4. The van der Waals surface area contributed by atoms with E-state index in [4.69, 9.17) is 4.74 Å². The normalized spacial score (nSPS) is 18.9. The van der Waals surface area contributed by atoms with Crippen LogP contribution in [0.25, 0.3) is 0 Å². The predicted octanol–water partition coefficient (Wildman–Crippen LogP) is 4.75. The molecule has 1 unspecified atom stereocenters. The zero-order valence-electron chi connectivity index (χ0n) is 26.3. The molecule has 4 aliphatic rings. The van der Waals surface area contributed by atoms with E-state index < -0.39 is 18.0 Å². The first kappa shape index (κ1) is 30.7. The Kier molecular flexibility index (Phi) is 8.54. The van der Waals surface area contributed by atoms with E-state index in [0.717, 1.165) is 46.6 Å². The van der Waals surface area contributed by atoms with Crippen molar-refractivity contribution in [2.45, 2.75) is 63.6 Å². The molecule has 2 fully saturated rings. The number of aryl methyl sites for hydroxylation is 1. The standard InChI is InChI=1S/C34H39FN8O4/c1-21-17-22(18-28-30(21)39-40-38-28)19-29(32(44)41-13-8-23(9-14-41)27-7-2-3-12-36-27)47-34(46)42-15-10-25(11-16-42)43-20-24-5-4-6-26(35)31(24)37-33(43)45/h2-7,12,17-18,23,25,29,38-40H,8-11,13-16,19-20H2,1H3,(H,37,45). The number of likely N-dealkylation sites (tertiary alicyclic amines) is 2. The van der Waals surface area contributed by atoms with Gasteiger partial charge in [-0.3, -0.25) is 9.78 Å². The number of halogens is 1. The predicted molar refractivity (Wildman–Crippen MR) is 174 cm³/mol. The molecule has 13 heteroatoms. The molecule has 2 aromatic carbocycles. The lowest BCUT2D eigenvalue weighted by Gasteiger charge is -2.40. The number of urea groups is 1. The average molecular weight is 643 g/mol. The SMILES string of the molecule is Cc1cc(CC(OC(=O)N2CCC(N3Cc4cccc(F)c4NC3=O)CC2)C(=O)N2CCC(c3ccccn3)CC2)cc2c1NNN2. The van der Waals surface area contributed by atoms with Crippen molar-refractivity contribution >= 4 is 35.1 Å². The van der Waals surface area contributed by atoms with Gasteiger partial charge >= 0.3 is 12.1 Å². The summed E-state index contributed by atoms with van der Waals surface area (Å²) in [5, 5.41) is 2.68. The van der Waals surface area contributed by atoms with E-state index in [-0.39, 0.29) is 36.0 Å². The Morgan fingerprint density at radius 1 is 0.979 bits per heavy atom. The van der Waals surface area contributed by atoms with Gasteiger partial charge in [0.05, 0.1) is 17.1 Å². The first-order valence-electron chi connectivity index (χ1n) is 16.2. The molecule has 7 rings (SSSR count). The smallest absolute Gasteiger partial charge is 0.410 e. The van der Waals surface area contributed by atoms with Crippen LogP contribution in [0.5, 0.6) is 0 Å². The van der Waals surface area contributed by atoms with Crippen LogP contribution < -0.4 is 21.7 Å². The summed E-state index contributed by atoms with van der Waals surface area (Å²) in [6.45, 7) is 4.16. The average Bonchev–Trinajstić information content (AvgIpc) is 3.58. The highest BCUT2D eigenvalue weighted by Crippen LogP contribution is 2.33. The number of para-hydroxylation sites is 1. The number of amides is 4. The Bertz CT molecular complexity index is 1660. The maximum absolute atomic E-state index is 14.2. The fourth-order valence-corrected chi connectivity index (χ4v) is 7.14. The number of nitrogens with one attached hydrogen (secondary N) is 4. The van der Waals surface area contributed by atoms with Crippen LogP contribution >= 0.6 is 0 Å². The van der Waals surface area contributed by atoms with E-state index in [2.05, 4.69) is 26.7 Å². The van der Waals surface area contributed by atoms with Crippen molar-refractivity contribution in [2.24, 2.45) is 0 Å². The number of hydrogen-bond acceptors (Lipinski definition) is 8. The number of rotatable bonds is 6. The van der Waals surface area contributed by atoms with Crippen LogP contribution in [0.2, 0.25) is 0 Å². The van der Waals surface area contributed by atoms with E-state index >= 15 is 0 Å². The number of hydrazine groups is 2. The maximum Gasteiger partial charge on any atom is 0.410 e. The van der Waals surface area contributed by atoms with E-state index in [1.165, 1.54) is 6.07 Å². The minimum atomic E-state index is -0.995. The van der Waals surface area contributed by atoms with Crippen molar-refractivity contribution < 1.29 is 23.5 Å². The summed E-state index contributed by atoms with van der Waals surface area (Å²) >= 11 is 0. The van der Waals surface area contributed by atoms with Crippen molar-refractivity contribution in [3.63, 3.8) is 0 Å². The van der Waals surface area contributed by atoms with Crippen molar-refractivity contribution in [1.29, 1.82) is 0 Å². The number of carbonyl (C=O) groups is 3. The lowest BCUT2D eigenvalue weighted by Crippen LogP contribution is -2.52. The molecule has 4 N–H and O–H groups in total. The molecular weight excluding hydrogens is 603 g/mol. The Morgan fingerprint density at radius 2 is 1.77 bits per heavy atom. The second kappa shape index (κ2) is 13.1. The molecule has 0 aliphatic carbocycles. The van der Waals surface area contributed by atoms with E-state index in [1.54, 1.807) is 33.0 Å². The van der Waals surface area contributed by atoms with Crippen molar-refractivity contribution in [1.82, 2.24) is 25.2 Å². The second-order valence-electron chi connectivity index (χ2n) is 12.7. The van der Waals surface area contributed by atoms with Gasteiger partial charge in [0.25, 0.3) is 5.91 Å². The van der Waals surface area contributed by atoms with Gasteiger partial charge in [-0.15, -0.1) is 5.53 Å². The molecule has 47 heavy (non-hydrogen) atoms. The molecule has 3 aromatic rings. The Labute approximate surface area is 272 Å². The van der Waals surface area contributed by atoms with Crippen LogP contribution in [0.3, 0.4) is 0 Å². The second-order valence-corrected chi connectivity index (χ2v) is 12.7. The van der Waals surface area contributed by atoms with E-state index in [1.807, 2.05) is 37.3 Å². The van der Waals surface area contributed by atoms with E-state index in [9.17, 15) is 18.8 Å². The number of fused-ring (bicyclic) bond motifs is 2. The first-order chi connectivity index (χ1) is 22.8. The number of anilines is 3. The van der Waals surface area contributed by atoms with Gasteiger partial charge in [-0.2, -0.15) is 0 Å². The fraction of sp³-hybridized carbons (Fsp3) is 0.412. The molecule has 1 aromatic heterocycles. The van der Waals surface area contributed by atoms with Crippen molar-refractivity contribution in [3.05, 3.63) is 82.9 Å². The minimum Gasteiger partial charge on any atom is -0.436 e. The number of hydrogen-bond donors (Lipinski definition) is 4. The third-order valence-electron chi connectivity index (χ3n) is 9.73. The Morgan fingerprint density at radius 3 is 2.53 bits per heavy atom. The van der Waals surface area contributed by atoms with Crippen LogP contribution in [0.4, 0.5) is 31.0 Å². The van der Waals surface area contributed by atoms with Gasteiger partial charge in [0.1, 0.15) is 5.82 Å². The maximum atomic E-state index is 14.2. The largest absolute Gasteiger partial charge is 0.436 e. The summed E-state index contributed by atoms with van der Waals surface area (Å²) in [5.41, 5.74) is 14.7. The van der Waals surface area contributed by atoms with Crippen LogP contribution in [-0.4, -0.2) is 76.0 Å². The van der Waals surface area contributed by atoms with Gasteiger partial charge in [-0.25, -0.2) is 14.0 Å². The number of ether oxygens (including phenoxy) is 1. The molecule has 1 atom stereocenters. The quantitative estimate of drug-likeness (QED) is 0.303. The monoisotopic (exact) mass is 642 g/mol. The molecule has 0 spiro atoms. The summed E-state index contributed by atoms with van der Waals surface area (Å²) < 4.78 is 20.2. The Hall–Kier alpha value is -4.91. The summed E-state index contributed by atoms with van der Waals surface area (Å²) in [7, 11) is 0. The topological polar surface area (TPSA) is 131 Å². The molecule has 0 bridgehead atoms. The molecule has 4 amide bonds. The summed E-state index contributed by atoms with van der Waals surface area (Å²) in [6, 6.07) is 14.2. The molecule has 4 aliphatic heterocycles. The van der Waals surface area contributed by atoms with Crippen LogP contribution in [-0.2, 0) is 22.5 Å². The number of nitrogens with zero attached hydrogens (tertiary/aromatic N) is 4. The van der Waals surface area contributed by atoms with Crippen LogP contribution in [0.15, 0.2) is 54.7 Å². The van der Waals surface area contributed by atoms with Crippen LogP contribution in [0.1, 0.15) is 54.0 Å². The third-order valence-corrected chi connectivity index (χ3v) is 9.73. The lowest BCUT2D eigenvalue weighted by atomic mass is 9.92. The first-order valence-corrected chi connectivity index (χ1v) is 16.2. The van der Waals surface area contributed by atoms with E-state index in [0.29, 0.717) is 45.6 Å². The molecule has 12 nitrogen and oxygen atoms in total. The van der Waals surface area contributed by atoms with Gasteiger partial charge in [0, 0.05) is 63.0 Å². The molecule has 0 saturated carbocycles. The fourth-order valence-electron chi connectivity index (χ4n) is 7.14. The number of pyridine rings is 1. The Balaban J connectivity index is 1.01. The van der Waals surface area contributed by atoms with Crippen molar-refractivity contribution in [2.75, 3.05) is 42.3 Å². The number of benzene rings is 2.